The number of aryl methyl sites for hydroxylation is 2. The van der Waals surface area contributed by atoms with Crippen molar-refractivity contribution in [3.8, 4) is 5.88 Å². The molecule has 1 aromatic carbocycles. The van der Waals surface area contributed by atoms with Crippen LogP contribution in [-0.4, -0.2) is 33.0 Å². The maximum absolute atomic E-state index is 12.5. The Hall–Kier alpha value is -2.83. The van der Waals surface area contributed by atoms with Gasteiger partial charge in [-0.25, -0.2) is 4.68 Å². The third-order valence-electron chi connectivity index (χ3n) is 3.85. The maximum atomic E-state index is 12.5. The van der Waals surface area contributed by atoms with Gasteiger partial charge in [0.15, 0.2) is 0 Å². The molecule has 0 saturated carbocycles. The first kappa shape index (κ1) is 15.1. The molecule has 3 aromatic rings. The molecule has 7 nitrogen and oxygen atoms in total. The van der Waals surface area contributed by atoms with Crippen LogP contribution in [0.5, 0.6) is 5.88 Å². The summed E-state index contributed by atoms with van der Waals surface area (Å²) in [7, 11) is 3.43. The molecule has 0 atom stereocenters. The van der Waals surface area contributed by atoms with Gasteiger partial charge in [0.1, 0.15) is 0 Å². The number of fused-ring (bicyclic) bond motifs is 1. The number of nitrogens with zero attached hydrogens (tertiary/aromatic N) is 3. The van der Waals surface area contributed by atoms with E-state index >= 15 is 0 Å². The molecule has 2 aromatic heterocycles. The van der Waals surface area contributed by atoms with Crippen LogP contribution in [0, 0.1) is 0 Å². The normalized spacial score (nSPS) is 10.9. The van der Waals surface area contributed by atoms with Crippen molar-refractivity contribution in [1.29, 1.82) is 0 Å². The van der Waals surface area contributed by atoms with Crippen LogP contribution in [-0.2, 0) is 20.0 Å². The van der Waals surface area contributed by atoms with E-state index in [1.165, 1.54) is 0 Å². The number of hydrogen-bond donors (Lipinski definition) is 2. The maximum Gasteiger partial charge on any atom is 0.253 e. The third kappa shape index (κ3) is 2.65. The summed E-state index contributed by atoms with van der Waals surface area (Å²) in [6.07, 6.45) is 2.48. The summed E-state index contributed by atoms with van der Waals surface area (Å²) >= 11 is 0. The van der Waals surface area contributed by atoms with Crippen molar-refractivity contribution in [2.75, 3.05) is 7.11 Å². The quantitative estimate of drug-likeness (QED) is 0.752. The molecule has 0 spiro atoms. The zero-order chi connectivity index (χ0) is 16.4. The largest absolute Gasteiger partial charge is 0.481 e. The minimum absolute atomic E-state index is 0.159. The molecule has 0 aliphatic heterocycles. The highest BCUT2D eigenvalue weighted by Crippen LogP contribution is 2.22. The predicted octanol–water partition coefficient (Wildman–Crippen LogP) is 1.80. The second kappa shape index (κ2) is 6.12. The van der Waals surface area contributed by atoms with Gasteiger partial charge >= 0.3 is 0 Å². The lowest BCUT2D eigenvalue weighted by molar-refractivity contribution is 0.0952. The molecule has 120 valence electrons. The number of benzene rings is 1. The minimum Gasteiger partial charge on any atom is -0.481 e. The molecule has 7 heteroatoms. The SMILES string of the molecule is CCc1nn(C)c(OC)c1CNC(=O)c1cccc2cn[nH]c12. The van der Waals surface area contributed by atoms with E-state index in [0.717, 1.165) is 28.6 Å². The number of aromatic amines is 1. The van der Waals surface area contributed by atoms with Crippen molar-refractivity contribution < 1.29 is 9.53 Å². The Balaban J connectivity index is 1.84. The van der Waals surface area contributed by atoms with E-state index < -0.39 is 0 Å². The Morgan fingerprint density at radius 2 is 2.26 bits per heavy atom. The number of carbonyl (C=O) groups excluding carboxylic acids is 1. The molecule has 0 radical (unpaired) electrons. The van der Waals surface area contributed by atoms with E-state index in [9.17, 15) is 4.79 Å². The highest BCUT2D eigenvalue weighted by atomic mass is 16.5. The second-order valence-corrected chi connectivity index (χ2v) is 5.23. The van der Waals surface area contributed by atoms with Gasteiger partial charge in [-0.2, -0.15) is 10.2 Å². The van der Waals surface area contributed by atoms with Crippen LogP contribution in [0.3, 0.4) is 0 Å². The molecule has 0 aliphatic rings. The fraction of sp³-hybridized carbons (Fsp3) is 0.312. The highest BCUT2D eigenvalue weighted by Gasteiger charge is 2.17. The van der Waals surface area contributed by atoms with Gasteiger partial charge < -0.3 is 10.1 Å². The van der Waals surface area contributed by atoms with Crippen LogP contribution >= 0.6 is 0 Å². The van der Waals surface area contributed by atoms with Crippen molar-refractivity contribution in [3.05, 3.63) is 41.2 Å². The van der Waals surface area contributed by atoms with Crippen molar-refractivity contribution in [2.45, 2.75) is 19.9 Å². The van der Waals surface area contributed by atoms with E-state index in [1.54, 1.807) is 24.1 Å². The van der Waals surface area contributed by atoms with E-state index in [2.05, 4.69) is 20.6 Å². The van der Waals surface area contributed by atoms with E-state index in [4.69, 9.17) is 4.74 Å². The minimum atomic E-state index is -0.159. The first-order valence-electron chi connectivity index (χ1n) is 7.44. The van der Waals surface area contributed by atoms with Crippen LogP contribution < -0.4 is 10.1 Å². The number of nitrogens with one attached hydrogen (secondary N) is 2. The molecule has 1 amide bonds. The Morgan fingerprint density at radius 1 is 1.43 bits per heavy atom. The molecule has 0 saturated heterocycles. The Kier molecular flexibility index (Phi) is 4.01. The summed E-state index contributed by atoms with van der Waals surface area (Å²) in [6.45, 7) is 2.39. The summed E-state index contributed by atoms with van der Waals surface area (Å²) < 4.78 is 7.08. The molecule has 0 fully saturated rings. The van der Waals surface area contributed by atoms with Gasteiger partial charge in [-0.3, -0.25) is 9.89 Å². The number of hydrogen-bond acceptors (Lipinski definition) is 4. The molecule has 0 aliphatic carbocycles. The lowest BCUT2D eigenvalue weighted by Crippen LogP contribution is -2.23. The topological polar surface area (TPSA) is 84.8 Å². The van der Waals surface area contributed by atoms with Gasteiger partial charge in [-0.15, -0.1) is 0 Å². The fourth-order valence-electron chi connectivity index (χ4n) is 2.74. The van der Waals surface area contributed by atoms with Crippen LogP contribution in [0.15, 0.2) is 24.4 Å². The van der Waals surface area contributed by atoms with Crippen LogP contribution in [0.1, 0.15) is 28.5 Å². The average Bonchev–Trinajstić information content (AvgIpc) is 3.15. The van der Waals surface area contributed by atoms with Gasteiger partial charge in [0, 0.05) is 12.4 Å². The number of carbonyl (C=O) groups is 1. The van der Waals surface area contributed by atoms with Gasteiger partial charge in [0.05, 0.1) is 42.2 Å². The highest BCUT2D eigenvalue weighted by molar-refractivity contribution is 6.05. The first-order valence-corrected chi connectivity index (χ1v) is 7.44. The number of para-hydroxylation sites is 1. The lowest BCUT2D eigenvalue weighted by atomic mass is 10.1. The number of aromatic nitrogens is 4. The second-order valence-electron chi connectivity index (χ2n) is 5.23. The summed E-state index contributed by atoms with van der Waals surface area (Å²) in [4.78, 5) is 12.5. The van der Waals surface area contributed by atoms with Crippen molar-refractivity contribution >= 4 is 16.8 Å². The molecule has 2 N–H and O–H groups in total. The number of H-pyrrole nitrogens is 1. The van der Waals surface area contributed by atoms with Crippen molar-refractivity contribution in [2.24, 2.45) is 7.05 Å². The number of ether oxygens (including phenoxy) is 1. The number of amides is 1. The Labute approximate surface area is 133 Å². The first-order chi connectivity index (χ1) is 11.2. The molecular weight excluding hydrogens is 294 g/mol. The Morgan fingerprint density at radius 3 is 3.00 bits per heavy atom. The molecule has 0 unspecified atom stereocenters. The fourth-order valence-corrected chi connectivity index (χ4v) is 2.74. The molecule has 2 heterocycles. The summed E-state index contributed by atoms with van der Waals surface area (Å²) in [5.74, 6) is 0.509. The Bertz CT molecular complexity index is 849. The van der Waals surface area contributed by atoms with E-state index in [1.807, 2.05) is 26.1 Å². The van der Waals surface area contributed by atoms with Gasteiger partial charge in [-0.1, -0.05) is 19.1 Å². The molecule has 0 bridgehead atoms. The molecular formula is C16H19N5O2. The van der Waals surface area contributed by atoms with Crippen LogP contribution in [0.2, 0.25) is 0 Å². The smallest absolute Gasteiger partial charge is 0.253 e. The summed E-state index contributed by atoms with van der Waals surface area (Å²) in [5, 5.41) is 15.1. The standard InChI is InChI=1S/C16H19N5O2/c1-4-13-12(16(23-3)21(2)20-13)9-17-15(22)11-7-5-6-10-8-18-19-14(10)11/h5-8H,4,9H2,1-3H3,(H,17,22)(H,18,19). The van der Waals surface area contributed by atoms with Crippen molar-refractivity contribution in [3.63, 3.8) is 0 Å². The summed E-state index contributed by atoms with van der Waals surface area (Å²) in [5.41, 5.74) is 3.13. The summed E-state index contributed by atoms with van der Waals surface area (Å²) in [6, 6.07) is 5.53. The van der Waals surface area contributed by atoms with E-state index in [-0.39, 0.29) is 5.91 Å². The monoisotopic (exact) mass is 313 g/mol. The zero-order valence-corrected chi connectivity index (χ0v) is 13.4. The zero-order valence-electron chi connectivity index (χ0n) is 13.4. The average molecular weight is 313 g/mol. The van der Waals surface area contributed by atoms with Crippen LogP contribution in [0.4, 0.5) is 0 Å². The predicted molar refractivity (Wildman–Crippen MR) is 86.4 cm³/mol. The number of methoxy groups -OCH3 is 1. The van der Waals surface area contributed by atoms with Gasteiger partial charge in [-0.05, 0) is 12.5 Å². The molecule has 23 heavy (non-hydrogen) atoms. The third-order valence-corrected chi connectivity index (χ3v) is 3.85. The van der Waals surface area contributed by atoms with Gasteiger partial charge in [0.25, 0.3) is 5.91 Å². The van der Waals surface area contributed by atoms with Gasteiger partial charge in [0.2, 0.25) is 5.88 Å². The molecule has 3 rings (SSSR count). The van der Waals surface area contributed by atoms with Crippen LogP contribution in [0.25, 0.3) is 10.9 Å². The number of rotatable bonds is 5. The van der Waals surface area contributed by atoms with E-state index in [0.29, 0.717) is 18.0 Å². The lowest BCUT2D eigenvalue weighted by Gasteiger charge is -2.08. The van der Waals surface area contributed by atoms with Crippen molar-refractivity contribution in [1.82, 2.24) is 25.3 Å².